The average Bonchev–Trinajstić information content (AvgIpc) is 2.91. The Morgan fingerprint density at radius 3 is 2.50 bits per heavy atom. The van der Waals surface area contributed by atoms with Crippen molar-refractivity contribution in [3.05, 3.63) is 101 Å². The van der Waals surface area contributed by atoms with Gasteiger partial charge in [-0.3, -0.25) is 0 Å². The van der Waals surface area contributed by atoms with Gasteiger partial charge in [0.1, 0.15) is 0 Å². The molecule has 1 fully saturated rings. The summed E-state index contributed by atoms with van der Waals surface area (Å²) >= 11 is 0. The summed E-state index contributed by atoms with van der Waals surface area (Å²) in [5, 5.41) is 6.49. The zero-order valence-electron chi connectivity index (χ0n) is 19.7. The molecule has 6 N–H and O–H groups in total. The van der Waals surface area contributed by atoms with E-state index >= 15 is 0 Å². The minimum absolute atomic E-state index is 0.146. The molecule has 2 heterocycles. The van der Waals surface area contributed by atoms with Crippen molar-refractivity contribution in [3.63, 3.8) is 0 Å². The Bertz CT molecular complexity index is 1230. The third-order valence-electron chi connectivity index (χ3n) is 6.14. The monoisotopic (exact) mass is 494 g/mol. The number of piperidine rings is 1. The minimum Gasteiger partial charge on any atom is -0.402 e. The lowest BCUT2D eigenvalue weighted by atomic mass is 9.92. The molecule has 0 unspecified atom stereocenters. The third-order valence-corrected chi connectivity index (χ3v) is 6.14. The number of aromatic nitrogens is 2. The van der Waals surface area contributed by atoms with Gasteiger partial charge in [-0.05, 0) is 61.3 Å². The van der Waals surface area contributed by atoms with Crippen molar-refractivity contribution in [2.75, 3.05) is 18.4 Å². The first kappa shape index (κ1) is 25.2. The van der Waals surface area contributed by atoms with Gasteiger partial charge in [0, 0.05) is 35.6 Å². The van der Waals surface area contributed by atoms with Crippen LogP contribution >= 0.6 is 0 Å². The van der Waals surface area contributed by atoms with Crippen LogP contribution in [0.15, 0.2) is 78.6 Å². The maximum atomic E-state index is 13.4. The number of alkyl halides is 3. The number of nitrogens with zero attached hydrogens (tertiary/aromatic N) is 2. The van der Waals surface area contributed by atoms with Gasteiger partial charge in [-0.15, -0.1) is 0 Å². The quantitative estimate of drug-likeness (QED) is 0.353. The first-order valence-corrected chi connectivity index (χ1v) is 11.8. The Morgan fingerprint density at radius 2 is 1.78 bits per heavy atom. The molecule has 0 bridgehead atoms. The van der Waals surface area contributed by atoms with Gasteiger partial charge in [0.25, 0.3) is 0 Å². The molecule has 0 atom stereocenters. The summed E-state index contributed by atoms with van der Waals surface area (Å²) in [7, 11) is 0. The van der Waals surface area contributed by atoms with E-state index in [0.717, 1.165) is 43.6 Å². The van der Waals surface area contributed by atoms with Crippen molar-refractivity contribution >= 4 is 17.2 Å². The van der Waals surface area contributed by atoms with Gasteiger partial charge in [0.15, 0.2) is 0 Å². The smallest absolute Gasteiger partial charge is 0.402 e. The van der Waals surface area contributed by atoms with E-state index < -0.39 is 11.7 Å². The van der Waals surface area contributed by atoms with E-state index in [1.807, 2.05) is 30.3 Å². The van der Waals surface area contributed by atoms with Gasteiger partial charge < -0.3 is 22.1 Å². The van der Waals surface area contributed by atoms with Gasteiger partial charge in [0.05, 0.1) is 11.3 Å². The van der Waals surface area contributed by atoms with E-state index in [1.165, 1.54) is 6.07 Å². The largest absolute Gasteiger partial charge is 0.416 e. The summed E-state index contributed by atoms with van der Waals surface area (Å²) in [6, 6.07) is 16.4. The highest BCUT2D eigenvalue weighted by molar-refractivity contribution is 5.93. The fourth-order valence-corrected chi connectivity index (χ4v) is 4.12. The summed E-state index contributed by atoms with van der Waals surface area (Å²) in [4.78, 5) is 8.90. The Balaban J connectivity index is 1.73. The molecule has 0 spiro atoms. The molecule has 0 radical (unpaired) electrons. The van der Waals surface area contributed by atoms with Crippen LogP contribution in [0.5, 0.6) is 0 Å². The van der Waals surface area contributed by atoms with Gasteiger partial charge in [-0.25, -0.2) is 9.97 Å². The molecule has 36 heavy (non-hydrogen) atoms. The SMILES string of the molecule is N/C(=C\C(=C(/N)c1cccc(C(F)(F)F)c1)c1ccnc(NCc2ccccc2)n1)C1CCNCC1. The second-order valence-corrected chi connectivity index (χ2v) is 8.68. The number of nitrogens with two attached hydrogens (primary N) is 2. The molecule has 1 aliphatic rings. The van der Waals surface area contributed by atoms with Crippen LogP contribution in [0.1, 0.15) is 35.2 Å². The number of benzene rings is 2. The molecule has 2 aromatic carbocycles. The molecule has 1 aromatic heterocycles. The lowest BCUT2D eigenvalue weighted by Crippen LogP contribution is -2.30. The van der Waals surface area contributed by atoms with Crippen LogP contribution < -0.4 is 22.1 Å². The van der Waals surface area contributed by atoms with Crippen LogP contribution in [0, 0.1) is 5.92 Å². The van der Waals surface area contributed by atoms with E-state index in [1.54, 1.807) is 24.4 Å². The van der Waals surface area contributed by atoms with Crippen molar-refractivity contribution in [1.82, 2.24) is 15.3 Å². The second kappa shape index (κ2) is 11.3. The Labute approximate surface area is 208 Å². The van der Waals surface area contributed by atoms with Crippen LogP contribution in [-0.4, -0.2) is 23.1 Å². The average molecular weight is 495 g/mol. The summed E-state index contributed by atoms with van der Waals surface area (Å²) in [6.45, 7) is 2.21. The predicted octanol–water partition coefficient (Wildman–Crippen LogP) is 4.78. The highest BCUT2D eigenvalue weighted by Gasteiger charge is 2.30. The number of hydrogen-bond acceptors (Lipinski definition) is 6. The zero-order chi connectivity index (χ0) is 25.5. The van der Waals surface area contributed by atoms with Crippen LogP contribution in [0.3, 0.4) is 0 Å². The van der Waals surface area contributed by atoms with Crippen LogP contribution in [0.2, 0.25) is 0 Å². The molecule has 9 heteroatoms. The molecular weight excluding hydrogens is 465 g/mol. The molecule has 1 aliphatic heterocycles. The summed E-state index contributed by atoms with van der Waals surface area (Å²) < 4.78 is 40.1. The van der Waals surface area contributed by atoms with Gasteiger partial charge >= 0.3 is 6.18 Å². The number of rotatable bonds is 7. The number of hydrogen-bond donors (Lipinski definition) is 4. The fraction of sp³-hybridized carbons (Fsp3) is 0.259. The minimum atomic E-state index is -4.48. The molecule has 6 nitrogen and oxygen atoms in total. The number of anilines is 1. The Morgan fingerprint density at radius 1 is 1.03 bits per heavy atom. The van der Waals surface area contributed by atoms with Gasteiger partial charge in [-0.2, -0.15) is 13.2 Å². The predicted molar refractivity (Wildman–Crippen MR) is 136 cm³/mol. The molecule has 4 rings (SSSR count). The van der Waals surface area contributed by atoms with Crippen molar-refractivity contribution in [1.29, 1.82) is 0 Å². The van der Waals surface area contributed by atoms with E-state index in [9.17, 15) is 13.2 Å². The summed E-state index contributed by atoms with van der Waals surface area (Å²) in [5.41, 5.74) is 15.2. The molecule has 0 amide bonds. The van der Waals surface area contributed by atoms with Crippen LogP contribution in [-0.2, 0) is 12.7 Å². The lowest BCUT2D eigenvalue weighted by molar-refractivity contribution is -0.137. The molecule has 1 saturated heterocycles. The lowest BCUT2D eigenvalue weighted by Gasteiger charge is -2.23. The second-order valence-electron chi connectivity index (χ2n) is 8.68. The van der Waals surface area contributed by atoms with Crippen molar-refractivity contribution in [2.45, 2.75) is 25.6 Å². The van der Waals surface area contributed by atoms with Crippen molar-refractivity contribution < 1.29 is 13.2 Å². The number of allylic oxidation sites excluding steroid dienone is 3. The Hall–Kier alpha value is -3.85. The Kier molecular flexibility index (Phi) is 7.90. The highest BCUT2D eigenvalue weighted by atomic mass is 19.4. The van der Waals surface area contributed by atoms with Crippen LogP contribution in [0.4, 0.5) is 19.1 Å². The normalized spacial score (nSPS) is 15.9. The van der Waals surface area contributed by atoms with Gasteiger partial charge in [-0.1, -0.05) is 42.5 Å². The maximum absolute atomic E-state index is 13.4. The molecule has 188 valence electrons. The summed E-state index contributed by atoms with van der Waals surface area (Å²) in [6.07, 6.45) is 0.585. The van der Waals surface area contributed by atoms with Gasteiger partial charge in [0.2, 0.25) is 5.95 Å². The highest BCUT2D eigenvalue weighted by Crippen LogP contribution is 2.32. The maximum Gasteiger partial charge on any atom is 0.416 e. The third kappa shape index (κ3) is 6.42. The van der Waals surface area contributed by atoms with E-state index in [-0.39, 0.29) is 17.2 Å². The van der Waals surface area contributed by atoms with Crippen molar-refractivity contribution in [2.24, 2.45) is 17.4 Å². The van der Waals surface area contributed by atoms with Crippen molar-refractivity contribution in [3.8, 4) is 0 Å². The van der Waals surface area contributed by atoms with E-state index in [0.29, 0.717) is 29.5 Å². The standard InChI is InChI=1S/C27H29F3N6/c28-27(29,30)21-8-4-7-20(15-21)25(32)22(16-23(31)19-9-12-33-13-10-19)24-11-14-34-26(36-24)35-17-18-5-2-1-3-6-18/h1-8,11,14-16,19,33H,9-10,12-13,17,31-32H2,(H,34,35,36)/b23-16-,25-22+. The number of halogens is 3. The first-order chi connectivity index (χ1) is 17.3. The molecule has 0 aliphatic carbocycles. The molecule has 3 aromatic rings. The van der Waals surface area contributed by atoms with Crippen LogP contribution in [0.25, 0.3) is 11.3 Å². The topological polar surface area (TPSA) is 102 Å². The first-order valence-electron chi connectivity index (χ1n) is 11.8. The van der Waals surface area contributed by atoms with E-state index in [4.69, 9.17) is 11.5 Å². The zero-order valence-corrected chi connectivity index (χ0v) is 19.7. The molecule has 0 saturated carbocycles. The molecular formula is C27H29F3N6. The van der Waals surface area contributed by atoms with E-state index in [2.05, 4.69) is 20.6 Å². The number of nitrogens with one attached hydrogen (secondary N) is 2. The summed E-state index contributed by atoms with van der Waals surface area (Å²) in [5.74, 6) is 0.521. The fourth-order valence-electron chi connectivity index (χ4n) is 4.12.